The molecule has 0 unspecified atom stereocenters. The summed E-state index contributed by atoms with van der Waals surface area (Å²) in [5, 5.41) is 2.82. The van der Waals surface area contributed by atoms with Crippen LogP contribution < -0.4 is 5.32 Å². The Morgan fingerprint density at radius 3 is 2.57 bits per heavy atom. The first-order valence-electron chi connectivity index (χ1n) is 6.86. The van der Waals surface area contributed by atoms with Gasteiger partial charge in [-0.15, -0.1) is 11.3 Å². The minimum Gasteiger partial charge on any atom is -0.332 e. The third kappa shape index (κ3) is 4.25. The second kappa shape index (κ2) is 7.34. The summed E-state index contributed by atoms with van der Waals surface area (Å²) in [6, 6.07) is 7.19. The molecule has 1 aromatic heterocycles. The largest absolute Gasteiger partial charge is 0.332 e. The number of hydrogen-bond acceptors (Lipinski definition) is 3. The van der Waals surface area contributed by atoms with Crippen LogP contribution in [0.2, 0.25) is 8.67 Å². The molecule has 4 nitrogen and oxygen atoms in total. The zero-order valence-corrected chi connectivity index (χ0v) is 15.3. The number of anilines is 1. The molecular formula is C16H16Cl2N2O2S. The second-order valence-corrected chi connectivity index (χ2v) is 7.48. The third-order valence-corrected chi connectivity index (χ3v) is 4.98. The number of carbonyl (C=O) groups is 2. The molecule has 0 radical (unpaired) electrons. The van der Waals surface area contributed by atoms with Crippen LogP contribution in [0.5, 0.6) is 0 Å². The van der Waals surface area contributed by atoms with E-state index in [1.165, 1.54) is 11.0 Å². The second-order valence-electron chi connectivity index (χ2n) is 5.19. The number of carbonyl (C=O) groups excluding carboxylic acids is 2. The van der Waals surface area contributed by atoms with Gasteiger partial charge >= 0.3 is 0 Å². The predicted molar refractivity (Wildman–Crippen MR) is 95.8 cm³/mol. The third-order valence-electron chi connectivity index (χ3n) is 3.49. The Labute approximate surface area is 149 Å². The van der Waals surface area contributed by atoms with Crippen molar-refractivity contribution < 1.29 is 9.59 Å². The molecule has 1 N–H and O–H groups in total. The van der Waals surface area contributed by atoms with Crippen molar-refractivity contribution in [3.63, 3.8) is 0 Å². The fraction of sp³-hybridized carbons (Fsp3) is 0.250. The van der Waals surface area contributed by atoms with Crippen molar-refractivity contribution >= 4 is 52.0 Å². The molecule has 0 aliphatic heterocycles. The van der Waals surface area contributed by atoms with E-state index in [1.807, 2.05) is 32.0 Å². The molecule has 7 heteroatoms. The maximum absolute atomic E-state index is 12.3. The molecule has 0 aliphatic rings. The molecule has 1 aromatic carbocycles. The maximum atomic E-state index is 12.3. The quantitative estimate of drug-likeness (QED) is 0.867. The lowest BCUT2D eigenvalue weighted by molar-refractivity contribution is -0.116. The van der Waals surface area contributed by atoms with Crippen molar-refractivity contribution in [2.75, 3.05) is 18.9 Å². The van der Waals surface area contributed by atoms with Gasteiger partial charge in [0.15, 0.2) is 0 Å². The molecule has 2 aromatic rings. The van der Waals surface area contributed by atoms with Gasteiger partial charge in [0.2, 0.25) is 5.91 Å². The number of hydrogen-bond donors (Lipinski definition) is 1. The fourth-order valence-electron chi connectivity index (χ4n) is 2.06. The van der Waals surface area contributed by atoms with Crippen LogP contribution in [0.25, 0.3) is 0 Å². The van der Waals surface area contributed by atoms with Crippen LogP contribution in [-0.4, -0.2) is 30.3 Å². The van der Waals surface area contributed by atoms with Crippen LogP contribution in [-0.2, 0) is 4.79 Å². The van der Waals surface area contributed by atoms with Gasteiger partial charge in [-0.2, -0.15) is 0 Å². The van der Waals surface area contributed by atoms with E-state index in [0.717, 1.165) is 28.2 Å². The van der Waals surface area contributed by atoms with Crippen LogP contribution in [0.4, 0.5) is 5.69 Å². The summed E-state index contributed by atoms with van der Waals surface area (Å²) in [6.07, 6.45) is 0. The molecule has 0 spiro atoms. The molecule has 0 fully saturated rings. The molecule has 122 valence electrons. The standard InChI is InChI=1S/C16H16Cl2N2O2S/c1-9-5-4-6-12(10(9)2)19-14(21)8-20(3)16(22)11-7-13(17)23-15(11)18/h4-7H,8H2,1-3H3,(H,19,21). The molecular weight excluding hydrogens is 355 g/mol. The summed E-state index contributed by atoms with van der Waals surface area (Å²) >= 11 is 12.9. The van der Waals surface area contributed by atoms with Crippen molar-refractivity contribution in [2.24, 2.45) is 0 Å². The summed E-state index contributed by atoms with van der Waals surface area (Å²) in [5.74, 6) is -0.610. The van der Waals surface area contributed by atoms with Gasteiger partial charge in [-0.3, -0.25) is 9.59 Å². The number of nitrogens with one attached hydrogen (secondary N) is 1. The zero-order chi connectivity index (χ0) is 17.1. The average Bonchev–Trinajstić information content (AvgIpc) is 2.81. The number of rotatable bonds is 4. The van der Waals surface area contributed by atoms with Gasteiger partial charge in [-0.05, 0) is 37.1 Å². The number of amides is 2. The van der Waals surface area contributed by atoms with Crippen LogP contribution in [0, 0.1) is 13.8 Å². The summed E-state index contributed by atoms with van der Waals surface area (Å²) < 4.78 is 0.758. The minimum absolute atomic E-state index is 0.0734. The van der Waals surface area contributed by atoms with Gasteiger partial charge < -0.3 is 10.2 Å². The van der Waals surface area contributed by atoms with Gasteiger partial charge in [0.05, 0.1) is 16.4 Å². The number of benzene rings is 1. The van der Waals surface area contributed by atoms with E-state index >= 15 is 0 Å². The van der Waals surface area contributed by atoms with Crippen LogP contribution in [0.15, 0.2) is 24.3 Å². The summed E-state index contributed by atoms with van der Waals surface area (Å²) in [5.41, 5.74) is 3.14. The molecule has 0 bridgehead atoms. The predicted octanol–water partition coefficient (Wildman–Crippen LogP) is 4.38. The lowest BCUT2D eigenvalue weighted by atomic mass is 10.1. The topological polar surface area (TPSA) is 49.4 Å². The molecule has 0 saturated heterocycles. The normalized spacial score (nSPS) is 10.5. The number of nitrogens with zero attached hydrogens (tertiary/aromatic N) is 1. The van der Waals surface area contributed by atoms with E-state index in [9.17, 15) is 9.59 Å². The van der Waals surface area contributed by atoms with Crippen LogP contribution >= 0.6 is 34.5 Å². The first kappa shape index (κ1) is 17.8. The summed E-state index contributed by atoms with van der Waals surface area (Å²) in [4.78, 5) is 25.8. The van der Waals surface area contributed by atoms with E-state index in [4.69, 9.17) is 23.2 Å². The van der Waals surface area contributed by atoms with Gasteiger partial charge in [-0.25, -0.2) is 0 Å². The van der Waals surface area contributed by atoms with E-state index in [1.54, 1.807) is 7.05 Å². The highest BCUT2D eigenvalue weighted by molar-refractivity contribution is 7.20. The Bertz CT molecular complexity index is 759. The van der Waals surface area contributed by atoms with Gasteiger partial charge in [0.25, 0.3) is 5.91 Å². The van der Waals surface area contributed by atoms with E-state index < -0.39 is 0 Å². The number of aryl methyl sites for hydroxylation is 1. The van der Waals surface area contributed by atoms with Crippen molar-refractivity contribution in [1.82, 2.24) is 4.90 Å². The highest BCUT2D eigenvalue weighted by Crippen LogP contribution is 2.31. The molecule has 2 rings (SSSR count). The van der Waals surface area contributed by atoms with Crippen molar-refractivity contribution in [3.05, 3.63) is 49.6 Å². The summed E-state index contributed by atoms with van der Waals surface area (Å²) in [7, 11) is 1.55. The molecule has 0 aliphatic carbocycles. The lowest BCUT2D eigenvalue weighted by Gasteiger charge is -2.17. The van der Waals surface area contributed by atoms with Crippen LogP contribution in [0.1, 0.15) is 21.5 Å². The van der Waals surface area contributed by atoms with Gasteiger partial charge in [-0.1, -0.05) is 35.3 Å². The Morgan fingerprint density at radius 2 is 1.96 bits per heavy atom. The smallest absolute Gasteiger partial charge is 0.256 e. The first-order valence-corrected chi connectivity index (χ1v) is 8.43. The number of halogens is 2. The van der Waals surface area contributed by atoms with Crippen LogP contribution in [0.3, 0.4) is 0 Å². The Balaban J connectivity index is 2.03. The fourth-order valence-corrected chi connectivity index (χ4v) is 3.50. The SMILES string of the molecule is Cc1cccc(NC(=O)CN(C)C(=O)c2cc(Cl)sc2Cl)c1C. The van der Waals surface area contributed by atoms with E-state index in [-0.39, 0.29) is 18.4 Å². The highest BCUT2D eigenvalue weighted by atomic mass is 35.5. The molecule has 1 heterocycles. The van der Waals surface area contributed by atoms with Crippen molar-refractivity contribution in [3.8, 4) is 0 Å². The number of likely N-dealkylation sites (N-methyl/N-ethyl adjacent to an activating group) is 1. The van der Waals surface area contributed by atoms with E-state index in [0.29, 0.717) is 14.2 Å². The molecule has 2 amide bonds. The monoisotopic (exact) mass is 370 g/mol. The maximum Gasteiger partial charge on any atom is 0.256 e. The first-order chi connectivity index (χ1) is 10.8. The van der Waals surface area contributed by atoms with Crippen molar-refractivity contribution in [1.29, 1.82) is 0 Å². The molecule has 23 heavy (non-hydrogen) atoms. The number of thiophene rings is 1. The molecule has 0 atom stereocenters. The lowest BCUT2D eigenvalue weighted by Crippen LogP contribution is -2.35. The minimum atomic E-state index is -0.339. The Kier molecular flexibility index (Phi) is 5.68. The van der Waals surface area contributed by atoms with Gasteiger partial charge in [0.1, 0.15) is 4.34 Å². The summed E-state index contributed by atoms with van der Waals surface area (Å²) in [6.45, 7) is 3.84. The Hall–Kier alpha value is -1.56. The highest BCUT2D eigenvalue weighted by Gasteiger charge is 2.20. The zero-order valence-electron chi connectivity index (χ0n) is 12.9. The van der Waals surface area contributed by atoms with Gasteiger partial charge in [0, 0.05) is 12.7 Å². The van der Waals surface area contributed by atoms with Crippen molar-refractivity contribution in [2.45, 2.75) is 13.8 Å². The average molecular weight is 371 g/mol. The molecule has 0 saturated carbocycles. The Morgan fingerprint density at radius 1 is 1.26 bits per heavy atom. The van der Waals surface area contributed by atoms with E-state index in [2.05, 4.69) is 5.32 Å².